The van der Waals surface area contributed by atoms with E-state index in [9.17, 15) is 4.79 Å². The van der Waals surface area contributed by atoms with E-state index in [1.807, 2.05) is 51.2 Å². The third kappa shape index (κ3) is 4.18. The topological polar surface area (TPSA) is 32.3 Å². The van der Waals surface area contributed by atoms with E-state index in [-0.39, 0.29) is 18.0 Å². The highest BCUT2D eigenvalue weighted by Crippen LogP contribution is 2.18. The van der Waals surface area contributed by atoms with Crippen molar-refractivity contribution < 1.29 is 4.79 Å². The molecule has 1 N–H and O–H groups in total. The van der Waals surface area contributed by atoms with Crippen LogP contribution < -0.4 is 5.32 Å². The van der Waals surface area contributed by atoms with Crippen molar-refractivity contribution in [1.29, 1.82) is 0 Å². The van der Waals surface area contributed by atoms with Crippen molar-refractivity contribution in [2.24, 2.45) is 0 Å². The Balaban J connectivity index is 1.92. The number of carbonyl (C=O) groups excluding carboxylic acids is 1. The number of hydrogen-bond donors (Lipinski definition) is 1. The second kappa shape index (κ2) is 7.56. The molecule has 3 nitrogen and oxygen atoms in total. The van der Waals surface area contributed by atoms with E-state index in [0.29, 0.717) is 0 Å². The Hall–Kier alpha value is -1.65. The largest absolute Gasteiger partial charge is 0.348 e. The molecule has 118 valence electrons. The molecule has 0 radical (unpaired) electrons. The van der Waals surface area contributed by atoms with Gasteiger partial charge < -0.3 is 5.32 Å². The van der Waals surface area contributed by atoms with Gasteiger partial charge in [-0.05, 0) is 50.4 Å². The molecular formula is C18H24N2OS. The van der Waals surface area contributed by atoms with Gasteiger partial charge in [0.1, 0.15) is 0 Å². The van der Waals surface area contributed by atoms with Crippen LogP contribution >= 0.6 is 11.3 Å². The van der Waals surface area contributed by atoms with Crippen LogP contribution in [-0.4, -0.2) is 23.9 Å². The predicted molar refractivity (Wildman–Crippen MR) is 93.0 cm³/mol. The second-order valence-electron chi connectivity index (χ2n) is 5.76. The Bertz CT molecular complexity index is 609. The lowest BCUT2D eigenvalue weighted by atomic mass is 10.1. The first-order valence-electron chi connectivity index (χ1n) is 7.57. The molecular weight excluding hydrogens is 292 g/mol. The Kier molecular flexibility index (Phi) is 5.75. The van der Waals surface area contributed by atoms with Crippen molar-refractivity contribution >= 4 is 17.2 Å². The average molecular weight is 316 g/mol. The molecule has 0 aliphatic heterocycles. The highest BCUT2D eigenvalue weighted by Gasteiger charge is 2.20. The Morgan fingerprint density at radius 3 is 2.50 bits per heavy atom. The quantitative estimate of drug-likeness (QED) is 0.880. The summed E-state index contributed by atoms with van der Waals surface area (Å²) in [6.45, 7) is 6.89. The van der Waals surface area contributed by atoms with E-state index in [2.05, 4.69) is 28.6 Å². The van der Waals surface area contributed by atoms with Crippen LogP contribution in [0.3, 0.4) is 0 Å². The van der Waals surface area contributed by atoms with Crippen LogP contribution in [0.15, 0.2) is 41.8 Å². The third-order valence-electron chi connectivity index (χ3n) is 4.06. The first-order valence-corrected chi connectivity index (χ1v) is 8.45. The fourth-order valence-electron chi connectivity index (χ4n) is 2.29. The molecule has 0 fully saturated rings. The number of thiophene rings is 1. The summed E-state index contributed by atoms with van der Waals surface area (Å²) < 4.78 is 0. The van der Waals surface area contributed by atoms with Gasteiger partial charge in [-0.15, -0.1) is 11.3 Å². The highest BCUT2D eigenvalue weighted by atomic mass is 32.1. The van der Waals surface area contributed by atoms with Crippen molar-refractivity contribution in [2.75, 3.05) is 7.05 Å². The van der Waals surface area contributed by atoms with Gasteiger partial charge in [-0.1, -0.05) is 30.3 Å². The standard InChI is InChI=1S/C18H24N2OS/c1-13-10-11-22-17(13)12-20(4)15(3)18(21)19-14(2)16-8-6-5-7-9-16/h5-11,14-15H,12H2,1-4H3,(H,19,21)/t14-,15+/m1/s1. The second-order valence-corrected chi connectivity index (χ2v) is 6.76. The maximum atomic E-state index is 12.4. The number of likely N-dealkylation sites (N-methyl/N-ethyl adjacent to an activating group) is 1. The molecule has 4 heteroatoms. The minimum atomic E-state index is -0.160. The SMILES string of the molecule is Cc1ccsc1CN(C)[C@@H](C)C(=O)N[C@H](C)c1ccccc1. The lowest BCUT2D eigenvalue weighted by molar-refractivity contribution is -0.126. The average Bonchev–Trinajstić information content (AvgIpc) is 2.92. The minimum absolute atomic E-state index is 0.0213. The molecule has 2 atom stereocenters. The summed E-state index contributed by atoms with van der Waals surface area (Å²) in [6, 6.07) is 12.0. The lowest BCUT2D eigenvalue weighted by Crippen LogP contribution is -2.43. The summed E-state index contributed by atoms with van der Waals surface area (Å²) in [7, 11) is 2.00. The maximum absolute atomic E-state index is 12.4. The summed E-state index contributed by atoms with van der Waals surface area (Å²) >= 11 is 1.74. The molecule has 1 aromatic carbocycles. The van der Waals surface area contributed by atoms with E-state index in [1.54, 1.807) is 11.3 Å². The molecule has 0 saturated heterocycles. The van der Waals surface area contributed by atoms with Gasteiger partial charge in [0.05, 0.1) is 12.1 Å². The zero-order chi connectivity index (χ0) is 16.1. The van der Waals surface area contributed by atoms with Crippen LogP contribution in [0.1, 0.15) is 35.9 Å². The Morgan fingerprint density at radius 2 is 1.91 bits per heavy atom. The predicted octanol–water partition coefficient (Wildman–Crippen LogP) is 3.75. The number of benzene rings is 1. The van der Waals surface area contributed by atoms with Gasteiger partial charge >= 0.3 is 0 Å². The van der Waals surface area contributed by atoms with E-state index in [0.717, 1.165) is 12.1 Å². The van der Waals surface area contributed by atoms with Gasteiger partial charge in [-0.25, -0.2) is 0 Å². The zero-order valence-electron chi connectivity index (χ0n) is 13.7. The fraction of sp³-hybridized carbons (Fsp3) is 0.389. The van der Waals surface area contributed by atoms with Gasteiger partial charge in [0.2, 0.25) is 5.91 Å². The molecule has 0 aliphatic rings. The summed E-state index contributed by atoms with van der Waals surface area (Å²) in [5, 5.41) is 5.19. The summed E-state index contributed by atoms with van der Waals surface area (Å²) in [6.07, 6.45) is 0. The number of hydrogen-bond acceptors (Lipinski definition) is 3. The highest BCUT2D eigenvalue weighted by molar-refractivity contribution is 7.10. The molecule has 0 spiro atoms. The van der Waals surface area contributed by atoms with Crippen molar-refractivity contribution in [3.8, 4) is 0 Å². The summed E-state index contributed by atoms with van der Waals surface area (Å²) in [4.78, 5) is 15.8. The number of aryl methyl sites for hydroxylation is 1. The van der Waals surface area contributed by atoms with Crippen LogP contribution in [0.5, 0.6) is 0 Å². The first kappa shape index (κ1) is 16.7. The molecule has 0 aliphatic carbocycles. The molecule has 22 heavy (non-hydrogen) atoms. The van der Waals surface area contributed by atoms with Gasteiger partial charge in [0.25, 0.3) is 0 Å². The van der Waals surface area contributed by atoms with Crippen LogP contribution in [-0.2, 0) is 11.3 Å². The molecule has 1 aromatic heterocycles. The maximum Gasteiger partial charge on any atom is 0.237 e. The number of rotatable bonds is 6. The number of nitrogens with one attached hydrogen (secondary N) is 1. The number of carbonyl (C=O) groups is 1. The molecule has 0 saturated carbocycles. The molecule has 2 rings (SSSR count). The van der Waals surface area contributed by atoms with Crippen LogP contribution in [0.4, 0.5) is 0 Å². The Labute approximate surface area is 137 Å². The molecule has 1 heterocycles. The normalized spacial score (nSPS) is 13.9. The van der Waals surface area contributed by atoms with Crippen LogP contribution in [0.25, 0.3) is 0 Å². The smallest absolute Gasteiger partial charge is 0.237 e. The van der Waals surface area contributed by atoms with E-state index < -0.39 is 0 Å². The monoisotopic (exact) mass is 316 g/mol. The van der Waals surface area contributed by atoms with Crippen molar-refractivity contribution in [2.45, 2.75) is 39.4 Å². The summed E-state index contributed by atoms with van der Waals surface area (Å²) in [5.41, 5.74) is 2.42. The minimum Gasteiger partial charge on any atom is -0.348 e. The number of nitrogens with zero attached hydrogens (tertiary/aromatic N) is 1. The number of amides is 1. The zero-order valence-corrected chi connectivity index (χ0v) is 14.5. The Morgan fingerprint density at radius 1 is 1.23 bits per heavy atom. The first-order chi connectivity index (χ1) is 10.5. The van der Waals surface area contributed by atoms with Gasteiger partial charge in [0, 0.05) is 11.4 Å². The summed E-state index contributed by atoms with van der Waals surface area (Å²) in [5.74, 6) is 0.0630. The van der Waals surface area contributed by atoms with Crippen molar-refractivity contribution in [1.82, 2.24) is 10.2 Å². The van der Waals surface area contributed by atoms with E-state index >= 15 is 0 Å². The third-order valence-corrected chi connectivity index (χ3v) is 5.07. The van der Waals surface area contributed by atoms with Crippen molar-refractivity contribution in [3.63, 3.8) is 0 Å². The van der Waals surface area contributed by atoms with Crippen LogP contribution in [0, 0.1) is 6.92 Å². The molecule has 0 bridgehead atoms. The van der Waals surface area contributed by atoms with Gasteiger partial charge in [-0.3, -0.25) is 9.69 Å². The van der Waals surface area contributed by atoms with E-state index in [1.165, 1.54) is 10.4 Å². The molecule has 1 amide bonds. The van der Waals surface area contributed by atoms with Gasteiger partial charge in [-0.2, -0.15) is 0 Å². The van der Waals surface area contributed by atoms with Crippen LogP contribution in [0.2, 0.25) is 0 Å². The lowest BCUT2D eigenvalue weighted by Gasteiger charge is -2.25. The van der Waals surface area contributed by atoms with Crippen molar-refractivity contribution in [3.05, 3.63) is 57.8 Å². The fourth-order valence-corrected chi connectivity index (χ4v) is 3.26. The molecule has 2 aromatic rings. The van der Waals surface area contributed by atoms with Gasteiger partial charge in [0.15, 0.2) is 0 Å². The van der Waals surface area contributed by atoms with E-state index in [4.69, 9.17) is 0 Å². The molecule has 0 unspecified atom stereocenters.